The van der Waals surface area contributed by atoms with E-state index in [1.807, 2.05) is 18.2 Å². The minimum absolute atomic E-state index is 0.105. The molecular weight excluding hydrogens is 426 g/mol. The van der Waals surface area contributed by atoms with Crippen molar-refractivity contribution in [3.8, 4) is 5.75 Å². The van der Waals surface area contributed by atoms with E-state index in [1.165, 1.54) is 19.1 Å². The Morgan fingerprint density at radius 1 is 0.879 bits per heavy atom. The number of nitrogens with two attached hydrogens (primary N) is 2. The van der Waals surface area contributed by atoms with Gasteiger partial charge in [-0.15, -0.1) is 0 Å². The molecule has 0 saturated carbocycles. The van der Waals surface area contributed by atoms with Gasteiger partial charge in [0.05, 0.1) is 12.6 Å². The maximum atomic E-state index is 12.3. The topological polar surface area (TPSA) is 177 Å². The number of primary amides is 1. The molecule has 0 aromatic heterocycles. The molecule has 0 aliphatic carbocycles. The van der Waals surface area contributed by atoms with Gasteiger partial charge >= 0.3 is 0 Å². The van der Waals surface area contributed by atoms with E-state index in [0.717, 1.165) is 11.1 Å². The van der Waals surface area contributed by atoms with Gasteiger partial charge in [-0.05, 0) is 36.6 Å². The van der Waals surface area contributed by atoms with Gasteiger partial charge in [-0.3, -0.25) is 19.2 Å². The minimum atomic E-state index is -0.938. The largest absolute Gasteiger partial charge is 0.508 e. The summed E-state index contributed by atoms with van der Waals surface area (Å²) < 4.78 is 0. The highest BCUT2D eigenvalue weighted by atomic mass is 16.3. The monoisotopic (exact) mass is 455 g/mol. The van der Waals surface area contributed by atoms with Crippen LogP contribution in [0, 0.1) is 0 Å². The first-order valence-corrected chi connectivity index (χ1v) is 10.4. The van der Waals surface area contributed by atoms with Crippen molar-refractivity contribution in [3.63, 3.8) is 0 Å². The lowest BCUT2D eigenvalue weighted by Crippen LogP contribution is -2.53. The number of rotatable bonds is 11. The smallest absolute Gasteiger partial charge is 0.242 e. The van der Waals surface area contributed by atoms with Crippen molar-refractivity contribution in [2.75, 3.05) is 6.54 Å². The Hall–Kier alpha value is -3.92. The maximum absolute atomic E-state index is 12.3. The SMILES string of the molecule is C[C@@H](NC(=O)[C@@H](N)Cc1ccc(O)cc1)C(=O)NCC(=O)N[C@H](Cc1ccccc1)C(N)=O. The zero-order valence-electron chi connectivity index (χ0n) is 18.3. The number of carbonyl (C=O) groups is 4. The number of carbonyl (C=O) groups excluding carboxylic acids is 4. The molecule has 0 aliphatic rings. The Bertz CT molecular complexity index is 965. The van der Waals surface area contributed by atoms with Gasteiger partial charge in [-0.2, -0.15) is 0 Å². The predicted molar refractivity (Wildman–Crippen MR) is 122 cm³/mol. The minimum Gasteiger partial charge on any atom is -0.508 e. The van der Waals surface area contributed by atoms with Crippen LogP contribution >= 0.6 is 0 Å². The molecule has 0 spiro atoms. The molecule has 4 amide bonds. The average Bonchev–Trinajstić information content (AvgIpc) is 2.79. The molecule has 10 heteroatoms. The van der Waals surface area contributed by atoms with Crippen molar-refractivity contribution in [2.45, 2.75) is 37.9 Å². The Morgan fingerprint density at radius 3 is 2.09 bits per heavy atom. The van der Waals surface area contributed by atoms with E-state index in [9.17, 15) is 24.3 Å². The lowest BCUT2D eigenvalue weighted by molar-refractivity contribution is -0.131. The van der Waals surface area contributed by atoms with Crippen LogP contribution in [0.4, 0.5) is 0 Å². The highest BCUT2D eigenvalue weighted by Gasteiger charge is 2.22. The Balaban J connectivity index is 1.78. The van der Waals surface area contributed by atoms with Crippen LogP contribution in [0.2, 0.25) is 0 Å². The summed E-state index contributed by atoms with van der Waals surface area (Å²) in [6.45, 7) is 1.07. The zero-order chi connectivity index (χ0) is 24.4. The number of aromatic hydroxyl groups is 1. The van der Waals surface area contributed by atoms with Crippen LogP contribution < -0.4 is 27.4 Å². The Labute approximate surface area is 191 Å². The van der Waals surface area contributed by atoms with Gasteiger partial charge in [0.1, 0.15) is 17.8 Å². The third-order valence-electron chi connectivity index (χ3n) is 4.87. The first-order chi connectivity index (χ1) is 15.7. The molecule has 8 N–H and O–H groups in total. The van der Waals surface area contributed by atoms with Gasteiger partial charge in [0.15, 0.2) is 0 Å². The van der Waals surface area contributed by atoms with Crippen LogP contribution in [0.25, 0.3) is 0 Å². The fourth-order valence-corrected chi connectivity index (χ4v) is 3.00. The summed E-state index contributed by atoms with van der Waals surface area (Å²) in [4.78, 5) is 48.4. The normalized spacial score (nSPS) is 13.3. The highest BCUT2D eigenvalue weighted by Crippen LogP contribution is 2.11. The molecule has 2 rings (SSSR count). The van der Waals surface area contributed by atoms with Crippen LogP contribution in [-0.4, -0.2) is 53.4 Å². The molecule has 10 nitrogen and oxygen atoms in total. The lowest BCUT2D eigenvalue weighted by atomic mass is 10.1. The van der Waals surface area contributed by atoms with E-state index in [1.54, 1.807) is 24.3 Å². The fourth-order valence-electron chi connectivity index (χ4n) is 3.00. The van der Waals surface area contributed by atoms with Crippen molar-refractivity contribution in [2.24, 2.45) is 11.5 Å². The third kappa shape index (κ3) is 8.62. The van der Waals surface area contributed by atoms with Crippen molar-refractivity contribution in [1.29, 1.82) is 0 Å². The van der Waals surface area contributed by atoms with Crippen molar-refractivity contribution in [3.05, 3.63) is 65.7 Å². The number of benzene rings is 2. The molecule has 2 aromatic carbocycles. The van der Waals surface area contributed by atoms with Crippen LogP contribution in [0.1, 0.15) is 18.1 Å². The van der Waals surface area contributed by atoms with Gasteiger partial charge in [0.2, 0.25) is 23.6 Å². The van der Waals surface area contributed by atoms with E-state index in [2.05, 4.69) is 16.0 Å². The van der Waals surface area contributed by atoms with Crippen LogP contribution in [0.5, 0.6) is 5.75 Å². The molecule has 3 atom stereocenters. The zero-order valence-corrected chi connectivity index (χ0v) is 18.3. The molecule has 0 bridgehead atoms. The molecule has 0 radical (unpaired) electrons. The van der Waals surface area contributed by atoms with E-state index < -0.39 is 48.3 Å². The van der Waals surface area contributed by atoms with Crippen LogP contribution in [0.3, 0.4) is 0 Å². The first-order valence-electron chi connectivity index (χ1n) is 10.4. The fraction of sp³-hybridized carbons (Fsp3) is 0.304. The van der Waals surface area contributed by atoms with E-state index in [-0.39, 0.29) is 18.6 Å². The second-order valence-electron chi connectivity index (χ2n) is 7.64. The second-order valence-corrected chi connectivity index (χ2v) is 7.64. The molecule has 33 heavy (non-hydrogen) atoms. The van der Waals surface area contributed by atoms with Gasteiger partial charge in [-0.25, -0.2) is 0 Å². The van der Waals surface area contributed by atoms with Gasteiger partial charge in [0, 0.05) is 6.42 Å². The van der Waals surface area contributed by atoms with E-state index in [0.29, 0.717) is 0 Å². The number of nitrogens with one attached hydrogen (secondary N) is 3. The highest BCUT2D eigenvalue weighted by molar-refractivity contribution is 5.92. The predicted octanol–water partition coefficient (Wildman–Crippen LogP) is -0.904. The summed E-state index contributed by atoms with van der Waals surface area (Å²) in [5.74, 6) is -2.30. The number of hydrogen-bond acceptors (Lipinski definition) is 6. The molecule has 0 fully saturated rings. The molecule has 0 aliphatic heterocycles. The quantitative estimate of drug-likeness (QED) is 0.256. The van der Waals surface area contributed by atoms with E-state index >= 15 is 0 Å². The molecule has 0 heterocycles. The van der Waals surface area contributed by atoms with Gasteiger partial charge in [0.25, 0.3) is 0 Å². The lowest BCUT2D eigenvalue weighted by Gasteiger charge is -2.18. The van der Waals surface area contributed by atoms with Crippen molar-refractivity contribution in [1.82, 2.24) is 16.0 Å². The summed E-state index contributed by atoms with van der Waals surface area (Å²) in [6, 6.07) is 12.6. The number of hydrogen-bond donors (Lipinski definition) is 6. The van der Waals surface area contributed by atoms with Crippen LogP contribution in [-0.2, 0) is 32.0 Å². The second kappa shape index (κ2) is 12.2. The molecular formula is C23H29N5O5. The molecule has 176 valence electrons. The molecule has 0 unspecified atom stereocenters. The number of phenols is 1. The summed E-state index contributed by atoms with van der Waals surface area (Å²) in [5.41, 5.74) is 12.8. The summed E-state index contributed by atoms with van der Waals surface area (Å²) in [7, 11) is 0. The van der Waals surface area contributed by atoms with Crippen molar-refractivity contribution >= 4 is 23.6 Å². The maximum Gasteiger partial charge on any atom is 0.242 e. The summed E-state index contributed by atoms with van der Waals surface area (Å²) in [5, 5.41) is 16.7. The van der Waals surface area contributed by atoms with Gasteiger partial charge in [-0.1, -0.05) is 42.5 Å². The Morgan fingerprint density at radius 2 is 1.48 bits per heavy atom. The Kier molecular flexibility index (Phi) is 9.37. The van der Waals surface area contributed by atoms with Gasteiger partial charge < -0.3 is 32.5 Å². The summed E-state index contributed by atoms with van der Waals surface area (Å²) in [6.07, 6.45) is 0.444. The average molecular weight is 456 g/mol. The molecule has 0 saturated heterocycles. The number of amides is 4. The van der Waals surface area contributed by atoms with Crippen LogP contribution in [0.15, 0.2) is 54.6 Å². The summed E-state index contributed by atoms with van der Waals surface area (Å²) >= 11 is 0. The van der Waals surface area contributed by atoms with Crippen molar-refractivity contribution < 1.29 is 24.3 Å². The van der Waals surface area contributed by atoms with E-state index in [4.69, 9.17) is 11.5 Å². The third-order valence-corrected chi connectivity index (χ3v) is 4.87. The number of phenolic OH excluding ortho intramolecular Hbond substituents is 1. The molecule has 2 aromatic rings. The standard InChI is InChI=1S/C23H29N5O5/c1-14(27-23(33)18(24)11-16-7-9-17(29)10-8-16)22(32)26-13-20(30)28-19(21(25)31)12-15-5-3-2-4-6-15/h2-10,14,18-19,29H,11-13,24H2,1H3,(H2,25,31)(H,26,32)(H,27,33)(H,28,30)/t14-,18+,19-/m1/s1. The first kappa shape index (κ1) is 25.3.